The molecule has 16 heavy (non-hydrogen) atoms. The first-order chi connectivity index (χ1) is 7.38. The number of sulfone groups is 1. The van der Waals surface area contributed by atoms with Crippen LogP contribution in [-0.4, -0.2) is 27.0 Å². The summed E-state index contributed by atoms with van der Waals surface area (Å²) in [4.78, 5) is 0. The van der Waals surface area contributed by atoms with E-state index in [1.807, 2.05) is 6.07 Å². The predicted molar refractivity (Wildman–Crippen MR) is 68.4 cm³/mol. The predicted octanol–water partition coefficient (Wildman–Crippen LogP) is 1.84. The van der Waals surface area contributed by atoms with Crippen LogP contribution in [0.5, 0.6) is 5.75 Å². The van der Waals surface area contributed by atoms with Crippen molar-refractivity contribution < 1.29 is 13.2 Å². The smallest absolute Gasteiger partial charge is 0.147 e. The van der Waals surface area contributed by atoms with Gasteiger partial charge in [0, 0.05) is 10.7 Å². The van der Waals surface area contributed by atoms with Crippen molar-refractivity contribution in [1.82, 2.24) is 0 Å². The molecule has 1 rings (SSSR count). The van der Waals surface area contributed by atoms with Gasteiger partial charge >= 0.3 is 0 Å². The maximum absolute atomic E-state index is 10.9. The van der Waals surface area contributed by atoms with E-state index in [1.165, 1.54) is 6.26 Å². The summed E-state index contributed by atoms with van der Waals surface area (Å²) in [5.74, 6) is 0.709. The molecule has 0 fully saturated rings. The normalized spacial score (nSPS) is 11.4. The minimum Gasteiger partial charge on any atom is -0.491 e. The van der Waals surface area contributed by atoms with Crippen molar-refractivity contribution in [3.05, 3.63) is 22.7 Å². The number of nitrogens with two attached hydrogens (primary N) is 1. The van der Waals surface area contributed by atoms with Crippen LogP contribution in [-0.2, 0) is 9.84 Å². The molecule has 0 radical (unpaired) electrons. The molecule has 0 aromatic heterocycles. The number of benzene rings is 1. The number of ether oxygens (including phenoxy) is 1. The van der Waals surface area contributed by atoms with Crippen LogP contribution in [0.1, 0.15) is 6.42 Å². The number of anilines is 1. The second-order valence-corrected chi connectivity index (χ2v) is 6.69. The van der Waals surface area contributed by atoms with Crippen LogP contribution in [0.3, 0.4) is 0 Å². The van der Waals surface area contributed by atoms with Gasteiger partial charge in [0.2, 0.25) is 0 Å². The van der Waals surface area contributed by atoms with Gasteiger partial charge < -0.3 is 10.5 Å². The molecular formula is C10H14BrNO3S. The van der Waals surface area contributed by atoms with E-state index in [2.05, 4.69) is 15.9 Å². The number of hydrogen-bond acceptors (Lipinski definition) is 4. The average molecular weight is 308 g/mol. The van der Waals surface area contributed by atoms with Crippen molar-refractivity contribution in [2.45, 2.75) is 6.42 Å². The second kappa shape index (κ2) is 5.54. The highest BCUT2D eigenvalue weighted by Gasteiger charge is 2.04. The molecule has 0 atom stereocenters. The van der Waals surface area contributed by atoms with E-state index in [0.29, 0.717) is 24.5 Å². The zero-order valence-corrected chi connectivity index (χ0v) is 11.3. The summed E-state index contributed by atoms with van der Waals surface area (Å²) in [7, 11) is -2.91. The van der Waals surface area contributed by atoms with Crippen LogP contribution < -0.4 is 10.5 Å². The fourth-order valence-electron chi connectivity index (χ4n) is 1.15. The third kappa shape index (κ3) is 4.85. The summed E-state index contributed by atoms with van der Waals surface area (Å²) in [6, 6.07) is 5.31. The first-order valence-electron chi connectivity index (χ1n) is 4.74. The van der Waals surface area contributed by atoms with Gasteiger partial charge in [-0.05, 0) is 24.6 Å². The molecule has 0 saturated carbocycles. The molecule has 1 aromatic carbocycles. The molecule has 0 amide bonds. The molecule has 0 spiro atoms. The average Bonchev–Trinajstić information content (AvgIpc) is 2.13. The van der Waals surface area contributed by atoms with E-state index in [-0.39, 0.29) is 5.75 Å². The van der Waals surface area contributed by atoms with Crippen molar-refractivity contribution in [3.63, 3.8) is 0 Å². The quantitative estimate of drug-likeness (QED) is 0.666. The largest absolute Gasteiger partial charge is 0.491 e. The lowest BCUT2D eigenvalue weighted by molar-refractivity contribution is 0.319. The molecule has 6 heteroatoms. The Labute approximate surface area is 104 Å². The van der Waals surface area contributed by atoms with Gasteiger partial charge in [-0.25, -0.2) is 8.42 Å². The monoisotopic (exact) mass is 307 g/mol. The summed E-state index contributed by atoms with van der Waals surface area (Å²) in [6.07, 6.45) is 1.68. The Morgan fingerprint density at radius 1 is 1.44 bits per heavy atom. The Morgan fingerprint density at radius 2 is 2.12 bits per heavy atom. The highest BCUT2D eigenvalue weighted by atomic mass is 79.9. The molecule has 0 aliphatic carbocycles. The highest BCUT2D eigenvalue weighted by Crippen LogP contribution is 2.25. The fraction of sp³-hybridized carbons (Fsp3) is 0.400. The molecule has 0 aliphatic heterocycles. The van der Waals surface area contributed by atoms with E-state index in [4.69, 9.17) is 10.5 Å². The summed E-state index contributed by atoms with van der Waals surface area (Å²) >= 11 is 3.29. The van der Waals surface area contributed by atoms with Crippen LogP contribution in [0.4, 0.5) is 5.69 Å². The summed E-state index contributed by atoms with van der Waals surface area (Å²) in [5.41, 5.74) is 6.25. The van der Waals surface area contributed by atoms with Crippen LogP contribution in [0.2, 0.25) is 0 Å². The second-order valence-electron chi connectivity index (χ2n) is 3.51. The molecule has 4 nitrogen and oxygen atoms in total. The molecule has 0 saturated heterocycles. The summed E-state index contributed by atoms with van der Waals surface area (Å²) in [5, 5.41) is 0. The Morgan fingerprint density at radius 3 is 2.69 bits per heavy atom. The Balaban J connectivity index is 2.43. The third-order valence-electron chi connectivity index (χ3n) is 1.89. The fourth-order valence-corrected chi connectivity index (χ4v) is 2.18. The van der Waals surface area contributed by atoms with E-state index in [1.54, 1.807) is 12.1 Å². The Hall–Kier alpha value is -0.750. The van der Waals surface area contributed by atoms with Gasteiger partial charge in [0.15, 0.2) is 0 Å². The number of rotatable bonds is 5. The molecule has 0 heterocycles. The van der Waals surface area contributed by atoms with Crippen LogP contribution in [0, 0.1) is 0 Å². The molecule has 0 bridgehead atoms. The van der Waals surface area contributed by atoms with Gasteiger partial charge in [0.25, 0.3) is 0 Å². The number of nitrogen functional groups attached to an aromatic ring is 1. The van der Waals surface area contributed by atoms with Gasteiger partial charge in [-0.1, -0.05) is 15.9 Å². The van der Waals surface area contributed by atoms with E-state index >= 15 is 0 Å². The Kier molecular flexibility index (Phi) is 4.61. The van der Waals surface area contributed by atoms with Gasteiger partial charge in [-0.15, -0.1) is 0 Å². The van der Waals surface area contributed by atoms with Crippen molar-refractivity contribution in [1.29, 1.82) is 0 Å². The third-order valence-corrected chi connectivity index (χ3v) is 3.41. The van der Waals surface area contributed by atoms with E-state index in [9.17, 15) is 8.42 Å². The van der Waals surface area contributed by atoms with Crippen LogP contribution in [0.25, 0.3) is 0 Å². The van der Waals surface area contributed by atoms with Crippen molar-refractivity contribution in [2.75, 3.05) is 24.3 Å². The first kappa shape index (κ1) is 13.3. The first-order valence-corrected chi connectivity index (χ1v) is 7.59. The zero-order valence-electron chi connectivity index (χ0n) is 8.94. The number of halogens is 1. The highest BCUT2D eigenvalue weighted by molar-refractivity contribution is 9.10. The van der Waals surface area contributed by atoms with E-state index in [0.717, 1.165) is 4.47 Å². The summed E-state index contributed by atoms with van der Waals surface area (Å²) < 4.78 is 28.0. The van der Waals surface area contributed by atoms with Gasteiger partial charge in [0.05, 0.1) is 18.0 Å². The lowest BCUT2D eigenvalue weighted by atomic mass is 10.3. The van der Waals surface area contributed by atoms with Crippen molar-refractivity contribution >= 4 is 31.5 Å². The lowest BCUT2D eigenvalue weighted by Crippen LogP contribution is -2.08. The maximum Gasteiger partial charge on any atom is 0.147 e. The molecule has 2 N–H and O–H groups in total. The zero-order chi connectivity index (χ0) is 12.2. The van der Waals surface area contributed by atoms with Gasteiger partial charge in [0.1, 0.15) is 15.6 Å². The SMILES string of the molecule is CS(=O)(=O)CCCOc1ccc(Br)cc1N. The van der Waals surface area contributed by atoms with Crippen LogP contribution in [0.15, 0.2) is 22.7 Å². The summed E-state index contributed by atoms with van der Waals surface area (Å²) in [6.45, 7) is 0.346. The number of hydrogen-bond donors (Lipinski definition) is 1. The molecular weight excluding hydrogens is 294 g/mol. The van der Waals surface area contributed by atoms with Gasteiger partial charge in [-0.2, -0.15) is 0 Å². The lowest BCUT2D eigenvalue weighted by Gasteiger charge is -2.08. The molecule has 0 unspecified atom stereocenters. The van der Waals surface area contributed by atoms with E-state index < -0.39 is 9.84 Å². The maximum atomic E-state index is 10.9. The molecule has 0 aliphatic rings. The molecule has 90 valence electrons. The van der Waals surface area contributed by atoms with Crippen molar-refractivity contribution in [2.24, 2.45) is 0 Å². The van der Waals surface area contributed by atoms with Crippen LogP contribution >= 0.6 is 15.9 Å². The molecule has 1 aromatic rings. The van der Waals surface area contributed by atoms with Crippen molar-refractivity contribution in [3.8, 4) is 5.75 Å². The topological polar surface area (TPSA) is 69.4 Å². The standard InChI is InChI=1S/C10H14BrNO3S/c1-16(13,14)6-2-5-15-10-4-3-8(11)7-9(10)12/h3-4,7H,2,5-6,12H2,1H3. The minimum absolute atomic E-state index is 0.128. The van der Waals surface area contributed by atoms with Gasteiger partial charge in [-0.3, -0.25) is 0 Å². The Bertz CT molecular complexity index is 459. The minimum atomic E-state index is -2.91.